The molecule has 0 spiro atoms. The number of oxazole rings is 1. The van der Waals surface area contributed by atoms with Crippen molar-refractivity contribution in [3.05, 3.63) is 52.3 Å². The van der Waals surface area contributed by atoms with Crippen molar-refractivity contribution in [3.8, 4) is 11.5 Å². The molecule has 3 heterocycles. The van der Waals surface area contributed by atoms with Crippen LogP contribution in [0, 0.1) is 10.1 Å². The molecule has 0 bridgehead atoms. The number of carbonyl (C=O) groups is 3. The fourth-order valence-electron chi connectivity index (χ4n) is 3.37. The van der Waals surface area contributed by atoms with Gasteiger partial charge in [-0.3, -0.25) is 24.5 Å². The Kier molecular flexibility index (Phi) is 8.96. The van der Waals surface area contributed by atoms with E-state index in [0.717, 1.165) is 6.20 Å². The van der Waals surface area contributed by atoms with Crippen molar-refractivity contribution < 1.29 is 33.2 Å². The Balaban J connectivity index is 1.69. The molecule has 0 fully saturated rings. The number of rotatable bonds is 10. The van der Waals surface area contributed by atoms with Crippen molar-refractivity contribution in [1.29, 1.82) is 0 Å². The van der Waals surface area contributed by atoms with Crippen LogP contribution in [0.5, 0.6) is 0 Å². The number of unbranched alkanes of at least 4 members (excludes halogenated alkanes) is 1. The topological polar surface area (TPSA) is 185 Å². The molecule has 0 aliphatic carbocycles. The van der Waals surface area contributed by atoms with Crippen molar-refractivity contribution in [3.63, 3.8) is 0 Å². The van der Waals surface area contributed by atoms with E-state index in [-0.39, 0.29) is 41.9 Å². The molecule has 0 unspecified atom stereocenters. The minimum absolute atomic E-state index is 0.00653. The summed E-state index contributed by atoms with van der Waals surface area (Å²) in [6.45, 7) is 5.58. The molecule has 39 heavy (non-hydrogen) atoms. The van der Waals surface area contributed by atoms with Crippen molar-refractivity contribution in [2.75, 3.05) is 25.1 Å². The predicted molar refractivity (Wildman–Crippen MR) is 136 cm³/mol. The number of aryl methyl sites for hydroxylation is 1. The smallest absolute Gasteiger partial charge is 0.416 e. The summed E-state index contributed by atoms with van der Waals surface area (Å²) in [6.07, 6.45) is 4.02. The van der Waals surface area contributed by atoms with E-state index >= 15 is 0 Å². The zero-order valence-electron chi connectivity index (χ0n) is 22.2. The van der Waals surface area contributed by atoms with Gasteiger partial charge in [0.25, 0.3) is 5.91 Å². The lowest BCUT2D eigenvalue weighted by molar-refractivity contribution is -0.385. The van der Waals surface area contributed by atoms with E-state index in [4.69, 9.17) is 9.15 Å². The molecule has 0 saturated carbocycles. The predicted octanol–water partition coefficient (Wildman–Crippen LogP) is 3.12. The van der Waals surface area contributed by atoms with Gasteiger partial charge >= 0.3 is 17.7 Å². The number of carbonyl (C=O) groups excluding carboxylic acids is 3. The van der Waals surface area contributed by atoms with Crippen LogP contribution in [0.2, 0.25) is 0 Å². The number of hydrogen-bond acceptors (Lipinski definition) is 11. The highest BCUT2D eigenvalue weighted by Crippen LogP contribution is 2.24. The van der Waals surface area contributed by atoms with Gasteiger partial charge in [0.05, 0.1) is 12.0 Å². The number of hydrogen-bond donors (Lipinski definition) is 1. The second kappa shape index (κ2) is 12.1. The summed E-state index contributed by atoms with van der Waals surface area (Å²) in [6, 6.07) is 3.18. The van der Waals surface area contributed by atoms with Crippen molar-refractivity contribution in [2.24, 2.45) is 7.05 Å². The zero-order valence-corrected chi connectivity index (χ0v) is 22.2. The molecule has 2 amide bonds. The maximum absolute atomic E-state index is 13.0. The fraction of sp³-hybridized carbons (Fsp3) is 0.417. The van der Waals surface area contributed by atoms with E-state index in [9.17, 15) is 24.5 Å². The molecule has 3 aromatic rings. The van der Waals surface area contributed by atoms with Crippen LogP contribution in [-0.2, 0) is 16.5 Å². The number of pyridine rings is 1. The third kappa shape index (κ3) is 7.59. The molecular weight excluding hydrogens is 514 g/mol. The number of esters is 1. The Morgan fingerprint density at radius 2 is 2.00 bits per heavy atom. The fourth-order valence-corrected chi connectivity index (χ4v) is 3.37. The summed E-state index contributed by atoms with van der Waals surface area (Å²) in [7, 11) is 2.71. The molecule has 0 aliphatic heterocycles. The maximum Gasteiger partial charge on any atom is 0.416 e. The Bertz CT molecular complexity index is 1360. The number of aromatic nitrogens is 4. The highest BCUT2D eigenvalue weighted by molar-refractivity contribution is 5.96. The second-order valence-corrected chi connectivity index (χ2v) is 9.32. The van der Waals surface area contributed by atoms with Gasteiger partial charge in [-0.05, 0) is 45.7 Å². The molecule has 15 heteroatoms. The molecular formula is C24H29N7O8. The van der Waals surface area contributed by atoms with Gasteiger partial charge in [0, 0.05) is 31.9 Å². The van der Waals surface area contributed by atoms with Gasteiger partial charge in [-0.25, -0.2) is 19.6 Å². The molecule has 1 N–H and O–H groups in total. The van der Waals surface area contributed by atoms with Gasteiger partial charge in [0.15, 0.2) is 5.69 Å². The summed E-state index contributed by atoms with van der Waals surface area (Å²) in [5, 5.41) is 17.6. The van der Waals surface area contributed by atoms with Crippen LogP contribution in [-0.4, -0.2) is 68.4 Å². The summed E-state index contributed by atoms with van der Waals surface area (Å²) < 4.78 is 16.8. The summed E-state index contributed by atoms with van der Waals surface area (Å²) >= 11 is 0. The highest BCUT2D eigenvalue weighted by Gasteiger charge is 2.26. The molecule has 3 aromatic heterocycles. The van der Waals surface area contributed by atoms with Crippen molar-refractivity contribution >= 4 is 29.5 Å². The van der Waals surface area contributed by atoms with Crippen LogP contribution in [0.1, 0.15) is 54.6 Å². The van der Waals surface area contributed by atoms with Gasteiger partial charge < -0.3 is 19.2 Å². The SMILES string of the molecule is COC(=O)c1coc(-c2ccnc(N(CCCCNC(=O)c3nn(C)cc3[N+](=O)[O-])C(=O)OC(C)(C)C)c2)n1. The Hall–Kier alpha value is -4.82. The van der Waals surface area contributed by atoms with Crippen molar-refractivity contribution in [2.45, 2.75) is 39.2 Å². The normalized spacial score (nSPS) is 11.1. The number of nitro groups is 1. The standard InChI is InChI=1S/C24H29N7O8/c1-24(2,3)39-23(34)30(11-7-6-9-26-20(32)19-17(31(35)36)13-29(4)28-19)18-12-15(8-10-25-18)21-27-16(14-38-21)22(33)37-5/h8,10,12-14H,6-7,9,11H2,1-5H3,(H,26,32). The lowest BCUT2D eigenvalue weighted by Crippen LogP contribution is -2.38. The average molecular weight is 544 g/mol. The first-order valence-corrected chi connectivity index (χ1v) is 11.9. The minimum Gasteiger partial charge on any atom is -0.464 e. The Morgan fingerprint density at radius 3 is 2.67 bits per heavy atom. The number of nitrogens with one attached hydrogen (secondary N) is 1. The van der Waals surface area contributed by atoms with Gasteiger partial charge in [0.1, 0.15) is 23.9 Å². The van der Waals surface area contributed by atoms with Crippen LogP contribution in [0.25, 0.3) is 11.5 Å². The van der Waals surface area contributed by atoms with E-state index < -0.39 is 28.5 Å². The molecule has 0 atom stereocenters. The van der Waals surface area contributed by atoms with Gasteiger partial charge in [-0.1, -0.05) is 0 Å². The number of anilines is 1. The van der Waals surface area contributed by atoms with E-state index in [1.54, 1.807) is 32.9 Å². The first kappa shape index (κ1) is 28.7. The Morgan fingerprint density at radius 1 is 1.26 bits per heavy atom. The van der Waals surface area contributed by atoms with E-state index in [0.29, 0.717) is 18.4 Å². The quantitative estimate of drug-likeness (QED) is 0.171. The average Bonchev–Trinajstić information content (AvgIpc) is 3.52. The van der Waals surface area contributed by atoms with Crippen LogP contribution >= 0.6 is 0 Å². The number of methoxy groups -OCH3 is 1. The molecule has 208 valence electrons. The van der Waals surface area contributed by atoms with E-state index in [1.165, 1.54) is 36.2 Å². The van der Waals surface area contributed by atoms with Crippen molar-refractivity contribution in [1.82, 2.24) is 25.1 Å². The number of amides is 2. The van der Waals surface area contributed by atoms with Crippen LogP contribution in [0.15, 0.2) is 35.2 Å². The molecule has 0 aromatic carbocycles. The zero-order chi connectivity index (χ0) is 28.7. The molecule has 3 rings (SSSR count). The van der Waals surface area contributed by atoms with Gasteiger partial charge in [-0.2, -0.15) is 5.10 Å². The lowest BCUT2D eigenvalue weighted by atomic mass is 10.2. The summed E-state index contributed by atoms with van der Waals surface area (Å²) in [5.41, 5.74) is -0.973. The van der Waals surface area contributed by atoms with E-state index in [1.807, 2.05) is 0 Å². The molecule has 0 aliphatic rings. The molecule has 15 nitrogen and oxygen atoms in total. The summed E-state index contributed by atoms with van der Waals surface area (Å²) in [5.74, 6) is -0.931. The monoisotopic (exact) mass is 543 g/mol. The first-order valence-electron chi connectivity index (χ1n) is 11.9. The maximum atomic E-state index is 13.0. The molecule has 0 radical (unpaired) electrons. The number of ether oxygens (including phenoxy) is 2. The van der Waals surface area contributed by atoms with Crippen LogP contribution in [0.4, 0.5) is 16.3 Å². The number of nitrogens with zero attached hydrogens (tertiary/aromatic N) is 6. The largest absolute Gasteiger partial charge is 0.464 e. The van der Waals surface area contributed by atoms with Crippen LogP contribution < -0.4 is 10.2 Å². The molecule has 0 saturated heterocycles. The van der Waals surface area contributed by atoms with E-state index in [2.05, 4.69) is 25.1 Å². The minimum atomic E-state index is -0.768. The van der Waals surface area contributed by atoms with Gasteiger partial charge in [-0.15, -0.1) is 0 Å². The third-order valence-corrected chi connectivity index (χ3v) is 5.10. The third-order valence-electron chi connectivity index (χ3n) is 5.10. The lowest BCUT2D eigenvalue weighted by Gasteiger charge is -2.27. The first-order chi connectivity index (χ1) is 18.4. The highest BCUT2D eigenvalue weighted by atomic mass is 16.6. The second-order valence-electron chi connectivity index (χ2n) is 9.32. The van der Waals surface area contributed by atoms with Gasteiger partial charge in [0.2, 0.25) is 11.6 Å². The van der Waals surface area contributed by atoms with Crippen LogP contribution in [0.3, 0.4) is 0 Å². The Labute approximate surface area is 223 Å². The summed E-state index contributed by atoms with van der Waals surface area (Å²) in [4.78, 5) is 57.3.